The number of rotatable bonds is 5. The van der Waals surface area contributed by atoms with Crippen molar-refractivity contribution >= 4 is 28.2 Å². The summed E-state index contributed by atoms with van der Waals surface area (Å²) < 4.78 is 29.1. The van der Waals surface area contributed by atoms with E-state index in [4.69, 9.17) is 4.74 Å². The molecule has 0 bridgehead atoms. The predicted molar refractivity (Wildman–Crippen MR) is 103 cm³/mol. The van der Waals surface area contributed by atoms with Crippen LogP contribution in [0.15, 0.2) is 29.2 Å². The topological polar surface area (TPSA) is 75.7 Å². The van der Waals surface area contributed by atoms with Gasteiger partial charge in [0.2, 0.25) is 0 Å². The average Bonchev–Trinajstić information content (AvgIpc) is 2.98. The minimum atomic E-state index is -3.36. The van der Waals surface area contributed by atoms with Crippen molar-refractivity contribution in [2.75, 3.05) is 45.6 Å². The Balaban J connectivity index is 0.00000243. The van der Waals surface area contributed by atoms with E-state index in [2.05, 4.69) is 5.32 Å². The molecule has 1 aromatic carbocycles. The van der Waals surface area contributed by atoms with E-state index in [0.29, 0.717) is 17.4 Å². The first-order valence-electron chi connectivity index (χ1n) is 8.83. The van der Waals surface area contributed by atoms with Crippen molar-refractivity contribution in [2.45, 2.75) is 17.7 Å². The summed E-state index contributed by atoms with van der Waals surface area (Å²) in [5, 5.41) is 3.43. The lowest BCUT2D eigenvalue weighted by atomic mass is 9.92. The maximum atomic E-state index is 12.7. The maximum absolute atomic E-state index is 12.7. The molecule has 146 valence electrons. The van der Waals surface area contributed by atoms with Crippen molar-refractivity contribution < 1.29 is 17.9 Å². The molecule has 8 heteroatoms. The highest BCUT2D eigenvalue weighted by Gasteiger charge is 2.31. The molecule has 1 aromatic rings. The molecule has 1 amide bonds. The molecule has 2 aliphatic heterocycles. The Kier molecular flexibility index (Phi) is 7.46. The van der Waals surface area contributed by atoms with Crippen LogP contribution in [0.5, 0.6) is 0 Å². The molecular formula is C18H27ClN2O4S. The second-order valence-electron chi connectivity index (χ2n) is 6.88. The highest BCUT2D eigenvalue weighted by atomic mass is 35.5. The number of amides is 1. The van der Waals surface area contributed by atoms with Crippen LogP contribution in [-0.4, -0.2) is 64.9 Å². The van der Waals surface area contributed by atoms with Gasteiger partial charge in [0.25, 0.3) is 5.91 Å². The van der Waals surface area contributed by atoms with Gasteiger partial charge in [0.1, 0.15) is 0 Å². The molecule has 26 heavy (non-hydrogen) atoms. The number of carbonyl (C=O) groups excluding carboxylic acids is 1. The molecule has 1 N–H and O–H groups in total. The predicted octanol–water partition coefficient (Wildman–Crippen LogP) is 1.60. The normalized spacial score (nSPS) is 23.0. The number of hydrogen-bond donors (Lipinski definition) is 1. The summed E-state index contributed by atoms with van der Waals surface area (Å²) in [6.07, 6.45) is 2.07. The first-order chi connectivity index (χ1) is 12.0. The number of carbonyl (C=O) groups is 1. The standard InChI is InChI=1S/C18H26N2O4S.ClH/c1-24-10-11-25(22,23)17-4-2-14(3-5-17)18(21)20-8-6-15-12-19-13-16(15)7-9-20;/h2-5,15-16,19H,6-13H2,1H3;1H/t15-,16+;. The minimum absolute atomic E-state index is 0. The molecule has 0 radical (unpaired) electrons. The van der Waals surface area contributed by atoms with Crippen LogP contribution in [0.2, 0.25) is 0 Å². The van der Waals surface area contributed by atoms with Crippen molar-refractivity contribution in [3.8, 4) is 0 Å². The Hall–Kier alpha value is -1.15. The van der Waals surface area contributed by atoms with Gasteiger partial charge in [0, 0.05) is 25.8 Å². The van der Waals surface area contributed by atoms with Gasteiger partial charge in [-0.05, 0) is 62.0 Å². The summed E-state index contributed by atoms with van der Waals surface area (Å²) in [7, 11) is -1.89. The maximum Gasteiger partial charge on any atom is 0.253 e. The fraction of sp³-hybridized carbons (Fsp3) is 0.611. The van der Waals surface area contributed by atoms with Gasteiger partial charge in [0.05, 0.1) is 17.3 Å². The first kappa shape index (κ1) is 21.2. The van der Waals surface area contributed by atoms with E-state index in [-0.39, 0.29) is 35.6 Å². The number of halogens is 1. The van der Waals surface area contributed by atoms with Gasteiger partial charge in [-0.15, -0.1) is 12.4 Å². The number of likely N-dealkylation sites (tertiary alicyclic amines) is 1. The molecule has 0 aliphatic carbocycles. The summed E-state index contributed by atoms with van der Waals surface area (Å²) in [6, 6.07) is 6.29. The first-order valence-corrected chi connectivity index (χ1v) is 10.5. The summed E-state index contributed by atoms with van der Waals surface area (Å²) in [5.74, 6) is 1.28. The van der Waals surface area contributed by atoms with Crippen molar-refractivity contribution in [1.82, 2.24) is 10.2 Å². The Bertz CT molecular complexity index is 694. The van der Waals surface area contributed by atoms with Gasteiger partial charge in [-0.3, -0.25) is 4.79 Å². The number of methoxy groups -OCH3 is 1. The fourth-order valence-corrected chi connectivity index (χ4v) is 4.89. The van der Waals surface area contributed by atoms with Gasteiger partial charge in [-0.2, -0.15) is 0 Å². The highest BCUT2D eigenvalue weighted by Crippen LogP contribution is 2.27. The molecular weight excluding hydrogens is 376 g/mol. The summed E-state index contributed by atoms with van der Waals surface area (Å²) >= 11 is 0. The van der Waals surface area contributed by atoms with Crippen molar-refractivity contribution in [1.29, 1.82) is 0 Å². The minimum Gasteiger partial charge on any atom is -0.384 e. The third kappa shape index (κ3) is 4.76. The molecule has 2 saturated heterocycles. The van der Waals surface area contributed by atoms with E-state index in [1.165, 1.54) is 19.2 Å². The van der Waals surface area contributed by atoms with Crippen molar-refractivity contribution in [3.63, 3.8) is 0 Å². The average molecular weight is 403 g/mol. The number of sulfone groups is 1. The van der Waals surface area contributed by atoms with Crippen LogP contribution in [0.4, 0.5) is 0 Å². The number of hydrogen-bond acceptors (Lipinski definition) is 5. The summed E-state index contributed by atoms with van der Waals surface area (Å²) in [6.45, 7) is 3.82. The Morgan fingerprint density at radius 2 is 1.73 bits per heavy atom. The highest BCUT2D eigenvalue weighted by molar-refractivity contribution is 7.91. The molecule has 6 nitrogen and oxygen atoms in total. The van der Waals surface area contributed by atoms with Crippen LogP contribution >= 0.6 is 12.4 Å². The Labute approximate surface area is 161 Å². The van der Waals surface area contributed by atoms with Crippen LogP contribution < -0.4 is 5.32 Å². The van der Waals surface area contributed by atoms with Gasteiger partial charge < -0.3 is 15.0 Å². The number of ether oxygens (including phenoxy) is 1. The van der Waals surface area contributed by atoms with Gasteiger partial charge >= 0.3 is 0 Å². The third-order valence-electron chi connectivity index (χ3n) is 5.32. The SMILES string of the molecule is COCCS(=O)(=O)c1ccc(C(=O)N2CC[C@@H]3CNC[C@@H]3CC2)cc1.Cl. The molecule has 0 spiro atoms. The van der Waals surface area contributed by atoms with Crippen LogP contribution in [0.25, 0.3) is 0 Å². The second kappa shape index (κ2) is 9.17. The van der Waals surface area contributed by atoms with E-state index in [9.17, 15) is 13.2 Å². The molecule has 3 rings (SSSR count). The second-order valence-corrected chi connectivity index (χ2v) is 8.99. The lowest BCUT2D eigenvalue weighted by Crippen LogP contribution is -2.32. The lowest BCUT2D eigenvalue weighted by Gasteiger charge is -2.21. The Morgan fingerprint density at radius 1 is 1.15 bits per heavy atom. The van der Waals surface area contributed by atoms with E-state index >= 15 is 0 Å². The molecule has 2 fully saturated rings. The van der Waals surface area contributed by atoms with Crippen LogP contribution in [-0.2, 0) is 14.6 Å². The van der Waals surface area contributed by atoms with Gasteiger partial charge in [0.15, 0.2) is 9.84 Å². The molecule has 0 aromatic heterocycles. The van der Waals surface area contributed by atoms with E-state index < -0.39 is 9.84 Å². The molecule has 2 atom stereocenters. The van der Waals surface area contributed by atoms with Crippen LogP contribution in [0, 0.1) is 11.8 Å². The quantitative estimate of drug-likeness (QED) is 0.809. The van der Waals surface area contributed by atoms with E-state index in [0.717, 1.165) is 39.0 Å². The largest absolute Gasteiger partial charge is 0.384 e. The molecule has 2 heterocycles. The van der Waals surface area contributed by atoms with Crippen LogP contribution in [0.1, 0.15) is 23.2 Å². The molecule has 0 unspecified atom stereocenters. The van der Waals surface area contributed by atoms with Gasteiger partial charge in [-0.1, -0.05) is 0 Å². The number of nitrogens with one attached hydrogen (secondary N) is 1. The van der Waals surface area contributed by atoms with Gasteiger partial charge in [-0.25, -0.2) is 8.42 Å². The summed E-state index contributed by atoms with van der Waals surface area (Å²) in [4.78, 5) is 14.9. The fourth-order valence-electron chi connectivity index (χ4n) is 3.72. The number of fused-ring (bicyclic) bond motifs is 1. The monoisotopic (exact) mass is 402 g/mol. The summed E-state index contributed by atoms with van der Waals surface area (Å²) in [5.41, 5.74) is 0.552. The zero-order chi connectivity index (χ0) is 17.9. The van der Waals surface area contributed by atoms with Crippen LogP contribution in [0.3, 0.4) is 0 Å². The van der Waals surface area contributed by atoms with E-state index in [1.807, 2.05) is 4.90 Å². The smallest absolute Gasteiger partial charge is 0.253 e. The third-order valence-corrected chi connectivity index (χ3v) is 7.02. The lowest BCUT2D eigenvalue weighted by molar-refractivity contribution is 0.0758. The zero-order valence-corrected chi connectivity index (χ0v) is 16.7. The Morgan fingerprint density at radius 3 is 2.27 bits per heavy atom. The van der Waals surface area contributed by atoms with E-state index in [1.54, 1.807) is 12.1 Å². The van der Waals surface area contributed by atoms with Crippen molar-refractivity contribution in [2.24, 2.45) is 11.8 Å². The molecule has 2 aliphatic rings. The van der Waals surface area contributed by atoms with Crippen molar-refractivity contribution in [3.05, 3.63) is 29.8 Å². The zero-order valence-electron chi connectivity index (χ0n) is 15.0. The number of benzene rings is 1. The molecule has 0 saturated carbocycles. The number of nitrogens with zero attached hydrogens (tertiary/aromatic N) is 1.